The van der Waals surface area contributed by atoms with Gasteiger partial charge in [0.05, 0.1) is 12.1 Å². The van der Waals surface area contributed by atoms with Crippen LogP contribution < -0.4 is 0 Å². The molecule has 0 amide bonds. The van der Waals surface area contributed by atoms with Gasteiger partial charge in [-0.05, 0) is 24.6 Å². The number of rotatable bonds is 5. The van der Waals surface area contributed by atoms with Crippen LogP contribution in [0.2, 0.25) is 10.0 Å². The number of nitrogens with zero attached hydrogens (tertiary/aromatic N) is 3. The average Bonchev–Trinajstić information content (AvgIpc) is 3.08. The minimum absolute atomic E-state index is 0.555. The Hall–Kier alpha value is -1.08. The Bertz CT molecular complexity index is 788. The zero-order valence-corrected chi connectivity index (χ0v) is 14.7. The van der Waals surface area contributed by atoms with E-state index in [0.717, 1.165) is 21.3 Å². The maximum atomic E-state index is 6.17. The third kappa shape index (κ3) is 4.01. The number of thiazole rings is 1. The van der Waals surface area contributed by atoms with E-state index in [-0.39, 0.29) is 0 Å². The van der Waals surface area contributed by atoms with Gasteiger partial charge in [0.2, 0.25) is 5.89 Å². The summed E-state index contributed by atoms with van der Waals surface area (Å²) < 4.78 is 6.08. The van der Waals surface area contributed by atoms with Gasteiger partial charge in [-0.15, -0.1) is 11.3 Å². The van der Waals surface area contributed by atoms with E-state index in [9.17, 15) is 0 Å². The number of hydrogen-bond donors (Lipinski definition) is 0. The van der Waals surface area contributed by atoms with Crippen LogP contribution in [0.4, 0.5) is 0 Å². The van der Waals surface area contributed by atoms with Gasteiger partial charge in [0.15, 0.2) is 5.82 Å². The number of halogens is 2. The van der Waals surface area contributed by atoms with Crippen LogP contribution in [0.3, 0.4) is 0 Å². The van der Waals surface area contributed by atoms with Crippen molar-refractivity contribution in [3.63, 3.8) is 0 Å². The van der Waals surface area contributed by atoms with Gasteiger partial charge in [0, 0.05) is 21.2 Å². The van der Waals surface area contributed by atoms with Gasteiger partial charge >= 0.3 is 0 Å². The van der Waals surface area contributed by atoms with Crippen molar-refractivity contribution in [2.24, 2.45) is 0 Å². The van der Waals surface area contributed by atoms with Gasteiger partial charge in [-0.2, -0.15) is 4.98 Å². The molecule has 0 bridgehead atoms. The molecule has 0 saturated heterocycles. The van der Waals surface area contributed by atoms with Gasteiger partial charge in [-0.25, -0.2) is 4.98 Å². The Morgan fingerprint density at radius 2 is 2.14 bits per heavy atom. The lowest BCUT2D eigenvalue weighted by Gasteiger charge is -2.02. The third-order valence-electron chi connectivity index (χ3n) is 2.80. The Morgan fingerprint density at radius 3 is 2.86 bits per heavy atom. The zero-order chi connectivity index (χ0) is 15.5. The summed E-state index contributed by atoms with van der Waals surface area (Å²) in [6.07, 6.45) is 0.555. The van der Waals surface area contributed by atoms with Crippen molar-refractivity contribution >= 4 is 46.3 Å². The monoisotopic (exact) mass is 371 g/mol. The Balaban J connectivity index is 1.62. The van der Waals surface area contributed by atoms with Crippen molar-refractivity contribution in [1.29, 1.82) is 0 Å². The fourth-order valence-corrected chi connectivity index (χ4v) is 4.18. The minimum atomic E-state index is 0.555. The fraction of sp³-hybridized carbons (Fsp3) is 0.214. The number of hydrogen-bond acceptors (Lipinski definition) is 6. The Kier molecular flexibility index (Phi) is 5.03. The molecule has 1 aromatic carbocycles. The van der Waals surface area contributed by atoms with Gasteiger partial charge < -0.3 is 4.52 Å². The minimum Gasteiger partial charge on any atom is -0.339 e. The topological polar surface area (TPSA) is 51.8 Å². The summed E-state index contributed by atoms with van der Waals surface area (Å²) in [5.41, 5.74) is 1.97. The molecule has 0 aliphatic rings. The molecule has 4 nitrogen and oxygen atoms in total. The van der Waals surface area contributed by atoms with E-state index in [1.807, 2.05) is 17.5 Å². The molecular weight excluding hydrogens is 361 g/mol. The normalized spacial score (nSPS) is 11.0. The molecule has 0 unspecified atom stereocenters. The van der Waals surface area contributed by atoms with Gasteiger partial charge in [0.1, 0.15) is 4.34 Å². The van der Waals surface area contributed by atoms with Crippen LogP contribution in [0.5, 0.6) is 0 Å². The predicted octanol–water partition coefficient (Wildman–Crippen LogP) is 5.02. The first-order valence-electron chi connectivity index (χ1n) is 6.40. The number of benzene rings is 1. The van der Waals surface area contributed by atoms with E-state index in [2.05, 4.69) is 15.1 Å². The lowest BCUT2D eigenvalue weighted by molar-refractivity contribution is 0.380. The Labute approximate surface area is 145 Å². The lowest BCUT2D eigenvalue weighted by Crippen LogP contribution is -1.89. The fourth-order valence-electron chi connectivity index (χ4n) is 1.78. The average molecular weight is 372 g/mol. The van der Waals surface area contributed by atoms with Crippen molar-refractivity contribution in [1.82, 2.24) is 15.1 Å². The van der Waals surface area contributed by atoms with E-state index in [1.165, 1.54) is 0 Å². The highest BCUT2D eigenvalue weighted by atomic mass is 35.5. The van der Waals surface area contributed by atoms with Crippen molar-refractivity contribution in [3.05, 3.63) is 56.6 Å². The quantitative estimate of drug-likeness (QED) is 0.589. The van der Waals surface area contributed by atoms with E-state index in [0.29, 0.717) is 28.2 Å². The summed E-state index contributed by atoms with van der Waals surface area (Å²) in [6, 6.07) is 5.53. The van der Waals surface area contributed by atoms with Crippen LogP contribution >= 0.6 is 46.3 Å². The first-order chi connectivity index (χ1) is 10.6. The molecule has 22 heavy (non-hydrogen) atoms. The highest BCUT2D eigenvalue weighted by molar-refractivity contribution is 8.00. The second kappa shape index (κ2) is 7.00. The molecular formula is C14H11Cl2N3OS2. The van der Waals surface area contributed by atoms with Crippen LogP contribution in [0.25, 0.3) is 0 Å². The van der Waals surface area contributed by atoms with E-state index < -0.39 is 0 Å². The zero-order valence-electron chi connectivity index (χ0n) is 11.5. The van der Waals surface area contributed by atoms with Gasteiger partial charge in [-0.1, -0.05) is 46.2 Å². The van der Waals surface area contributed by atoms with Crippen molar-refractivity contribution < 1.29 is 4.52 Å². The Morgan fingerprint density at radius 1 is 1.27 bits per heavy atom. The van der Waals surface area contributed by atoms with Gasteiger partial charge in [0.25, 0.3) is 0 Å². The highest BCUT2D eigenvalue weighted by Crippen LogP contribution is 2.30. The van der Waals surface area contributed by atoms with Crippen molar-refractivity contribution in [2.75, 3.05) is 0 Å². The van der Waals surface area contributed by atoms with Crippen molar-refractivity contribution in [3.8, 4) is 0 Å². The molecule has 0 radical (unpaired) electrons. The molecule has 8 heteroatoms. The second-order valence-electron chi connectivity index (χ2n) is 4.54. The van der Waals surface area contributed by atoms with Crippen molar-refractivity contribution in [2.45, 2.75) is 23.4 Å². The molecule has 2 aromatic heterocycles. The van der Waals surface area contributed by atoms with Crippen LogP contribution in [-0.4, -0.2) is 15.1 Å². The smallest absolute Gasteiger partial charge is 0.232 e. The number of thioether (sulfide) groups is 1. The van der Waals surface area contributed by atoms with Crippen LogP contribution in [0.15, 0.2) is 32.4 Å². The lowest BCUT2D eigenvalue weighted by atomic mass is 10.2. The molecule has 0 aliphatic heterocycles. The standard InChI is InChI=1S/C14H11Cl2N3OS2/c1-8-17-13(20-19-8)5-11-7-22-14(18-11)21-6-9-2-3-10(15)4-12(9)16/h2-4,7H,5-6H2,1H3. The summed E-state index contributed by atoms with van der Waals surface area (Å²) in [5, 5.41) is 7.10. The number of aryl methyl sites for hydroxylation is 1. The van der Waals surface area contributed by atoms with Crippen LogP contribution in [0.1, 0.15) is 23.0 Å². The summed E-state index contributed by atoms with van der Waals surface area (Å²) in [7, 11) is 0. The molecule has 0 atom stereocenters. The number of aromatic nitrogens is 3. The van der Waals surface area contributed by atoms with Gasteiger partial charge in [-0.3, -0.25) is 0 Å². The van der Waals surface area contributed by atoms with E-state index >= 15 is 0 Å². The molecule has 0 fully saturated rings. The summed E-state index contributed by atoms with van der Waals surface area (Å²) in [5.74, 6) is 1.97. The molecule has 0 aliphatic carbocycles. The summed E-state index contributed by atoms with van der Waals surface area (Å²) in [6.45, 7) is 1.80. The summed E-state index contributed by atoms with van der Waals surface area (Å²) in [4.78, 5) is 8.74. The molecule has 0 saturated carbocycles. The van der Waals surface area contributed by atoms with Crippen LogP contribution in [-0.2, 0) is 12.2 Å². The largest absolute Gasteiger partial charge is 0.339 e. The van der Waals surface area contributed by atoms with E-state index in [1.54, 1.807) is 36.1 Å². The first kappa shape index (κ1) is 15.8. The third-order valence-corrected chi connectivity index (χ3v) is 5.50. The first-order valence-corrected chi connectivity index (χ1v) is 9.02. The summed E-state index contributed by atoms with van der Waals surface area (Å²) >= 11 is 15.3. The molecule has 3 aromatic rings. The maximum Gasteiger partial charge on any atom is 0.232 e. The maximum absolute atomic E-state index is 6.17. The highest BCUT2D eigenvalue weighted by Gasteiger charge is 2.09. The molecule has 2 heterocycles. The predicted molar refractivity (Wildman–Crippen MR) is 90.0 cm³/mol. The molecule has 0 N–H and O–H groups in total. The molecule has 0 spiro atoms. The SMILES string of the molecule is Cc1noc(Cc2csc(SCc3ccc(Cl)cc3Cl)n2)n1. The second-order valence-corrected chi connectivity index (χ2v) is 7.47. The molecule has 3 rings (SSSR count). The van der Waals surface area contributed by atoms with Crippen LogP contribution in [0, 0.1) is 6.92 Å². The molecule has 114 valence electrons. The van der Waals surface area contributed by atoms with E-state index in [4.69, 9.17) is 27.7 Å².